The van der Waals surface area contributed by atoms with Gasteiger partial charge in [-0.2, -0.15) is 13.2 Å². The molecule has 35 heavy (non-hydrogen) atoms. The Morgan fingerprint density at radius 1 is 0.829 bits per heavy atom. The molecule has 0 aliphatic heterocycles. The molecule has 0 saturated heterocycles. The molecule has 0 nitrogen and oxygen atoms in total. The van der Waals surface area contributed by atoms with Gasteiger partial charge in [-0.15, -0.1) is 0 Å². The van der Waals surface area contributed by atoms with Crippen LogP contribution >= 0.6 is 0 Å². The van der Waals surface area contributed by atoms with Crippen LogP contribution in [0, 0.1) is 17.6 Å². The molecular formula is C30H33F5. The topological polar surface area (TPSA) is 0 Å². The van der Waals surface area contributed by atoms with E-state index in [4.69, 9.17) is 0 Å². The summed E-state index contributed by atoms with van der Waals surface area (Å²) >= 11 is 0. The van der Waals surface area contributed by atoms with Crippen molar-refractivity contribution in [3.63, 3.8) is 0 Å². The summed E-state index contributed by atoms with van der Waals surface area (Å²) in [6, 6.07) is 12.6. The van der Waals surface area contributed by atoms with Gasteiger partial charge in [-0.05, 0) is 84.6 Å². The molecule has 0 spiro atoms. The highest BCUT2D eigenvalue weighted by atomic mass is 19.4. The standard InChI is InChI=1S/C30H33F5/c1-2-3-4-5-20-6-10-22(11-7-20)24-15-16-26-25(19-24)14-13-23(29(26)32)12-8-21-9-17-27(28(31)18-21)30(33,34)35/h9,13-20,22H,2-8,10-12H2,1H3. The van der Waals surface area contributed by atoms with Crippen molar-refractivity contribution < 1.29 is 22.0 Å². The van der Waals surface area contributed by atoms with Gasteiger partial charge in [-0.1, -0.05) is 69.0 Å². The van der Waals surface area contributed by atoms with Crippen molar-refractivity contribution in [3.8, 4) is 0 Å². The first-order chi connectivity index (χ1) is 16.8. The third kappa shape index (κ3) is 6.23. The molecule has 4 rings (SSSR count). The van der Waals surface area contributed by atoms with E-state index in [9.17, 15) is 17.6 Å². The molecule has 5 heteroatoms. The Hall–Kier alpha value is -2.43. The van der Waals surface area contributed by atoms with Crippen molar-refractivity contribution in [3.05, 3.63) is 82.4 Å². The average Bonchev–Trinajstić information content (AvgIpc) is 2.83. The summed E-state index contributed by atoms with van der Waals surface area (Å²) in [5.41, 5.74) is 0.893. The van der Waals surface area contributed by atoms with E-state index in [0.29, 0.717) is 22.4 Å². The van der Waals surface area contributed by atoms with Gasteiger partial charge in [0, 0.05) is 5.39 Å². The van der Waals surface area contributed by atoms with E-state index in [1.807, 2.05) is 18.2 Å². The molecule has 0 atom stereocenters. The Morgan fingerprint density at radius 3 is 2.29 bits per heavy atom. The van der Waals surface area contributed by atoms with E-state index >= 15 is 4.39 Å². The highest BCUT2D eigenvalue weighted by Gasteiger charge is 2.33. The van der Waals surface area contributed by atoms with Crippen molar-refractivity contribution in [1.29, 1.82) is 0 Å². The van der Waals surface area contributed by atoms with Gasteiger partial charge < -0.3 is 0 Å². The number of aryl methyl sites for hydroxylation is 2. The molecule has 0 unspecified atom stereocenters. The fraction of sp³-hybridized carbons (Fsp3) is 0.467. The van der Waals surface area contributed by atoms with Gasteiger partial charge in [0.15, 0.2) is 0 Å². The number of unbranched alkanes of at least 4 members (excludes halogenated alkanes) is 2. The second-order valence-electron chi connectivity index (χ2n) is 10.0. The molecule has 1 saturated carbocycles. The Morgan fingerprint density at radius 2 is 1.60 bits per heavy atom. The van der Waals surface area contributed by atoms with Gasteiger partial charge in [-0.25, -0.2) is 8.78 Å². The maximum Gasteiger partial charge on any atom is 0.419 e. The number of halogens is 5. The van der Waals surface area contributed by atoms with Crippen LogP contribution < -0.4 is 0 Å². The van der Waals surface area contributed by atoms with E-state index < -0.39 is 17.6 Å². The Labute approximate surface area is 204 Å². The van der Waals surface area contributed by atoms with Crippen LogP contribution in [0.4, 0.5) is 22.0 Å². The van der Waals surface area contributed by atoms with Crippen molar-refractivity contribution in [2.24, 2.45) is 5.92 Å². The van der Waals surface area contributed by atoms with E-state index in [2.05, 4.69) is 13.0 Å². The zero-order valence-corrected chi connectivity index (χ0v) is 20.2. The first-order valence-corrected chi connectivity index (χ1v) is 12.8. The number of fused-ring (bicyclic) bond motifs is 1. The van der Waals surface area contributed by atoms with Crippen LogP contribution in [0.1, 0.15) is 86.5 Å². The van der Waals surface area contributed by atoms with Crippen LogP contribution in [0.15, 0.2) is 48.5 Å². The molecule has 0 amide bonds. The summed E-state index contributed by atoms with van der Waals surface area (Å²) in [4.78, 5) is 0. The Balaban J connectivity index is 1.41. The highest BCUT2D eigenvalue weighted by molar-refractivity contribution is 5.84. The lowest BCUT2D eigenvalue weighted by Gasteiger charge is -2.29. The molecular weight excluding hydrogens is 455 g/mol. The van der Waals surface area contributed by atoms with Crippen molar-refractivity contribution in [1.82, 2.24) is 0 Å². The highest BCUT2D eigenvalue weighted by Crippen LogP contribution is 2.39. The molecule has 0 radical (unpaired) electrons. The van der Waals surface area contributed by atoms with Crippen LogP contribution in [0.2, 0.25) is 0 Å². The van der Waals surface area contributed by atoms with Gasteiger partial charge in [0.05, 0.1) is 5.56 Å². The first-order valence-electron chi connectivity index (χ1n) is 12.8. The predicted molar refractivity (Wildman–Crippen MR) is 132 cm³/mol. The third-order valence-corrected chi connectivity index (χ3v) is 7.61. The third-order valence-electron chi connectivity index (χ3n) is 7.61. The fourth-order valence-electron chi connectivity index (χ4n) is 5.49. The molecule has 0 bridgehead atoms. The number of rotatable bonds is 8. The minimum absolute atomic E-state index is 0.261. The van der Waals surface area contributed by atoms with Crippen LogP contribution in [0.5, 0.6) is 0 Å². The lowest BCUT2D eigenvalue weighted by atomic mass is 9.76. The van der Waals surface area contributed by atoms with Crippen molar-refractivity contribution in [2.75, 3.05) is 0 Å². The lowest BCUT2D eigenvalue weighted by Crippen LogP contribution is -2.13. The molecule has 0 aromatic heterocycles. The van der Waals surface area contributed by atoms with Crippen LogP contribution in [-0.2, 0) is 19.0 Å². The second-order valence-corrected chi connectivity index (χ2v) is 10.0. The van der Waals surface area contributed by atoms with E-state index in [1.54, 1.807) is 6.07 Å². The van der Waals surface area contributed by atoms with Gasteiger partial charge >= 0.3 is 6.18 Å². The van der Waals surface area contributed by atoms with Crippen LogP contribution in [0.25, 0.3) is 10.8 Å². The minimum atomic E-state index is -4.72. The normalized spacial score (nSPS) is 18.8. The molecule has 1 aliphatic carbocycles. The summed E-state index contributed by atoms with van der Waals surface area (Å²) in [6.45, 7) is 2.24. The monoisotopic (exact) mass is 488 g/mol. The predicted octanol–water partition coefficient (Wildman–Crippen LogP) is 9.78. The van der Waals surface area contributed by atoms with Crippen molar-refractivity contribution >= 4 is 10.8 Å². The maximum absolute atomic E-state index is 15.2. The lowest BCUT2D eigenvalue weighted by molar-refractivity contribution is -0.140. The molecule has 1 aliphatic rings. The first kappa shape index (κ1) is 25.7. The Kier molecular flexibility index (Phi) is 8.13. The maximum atomic E-state index is 15.2. The second kappa shape index (κ2) is 11.1. The van der Waals surface area contributed by atoms with Crippen LogP contribution in [0.3, 0.4) is 0 Å². The number of hydrogen-bond donors (Lipinski definition) is 0. The summed E-state index contributed by atoms with van der Waals surface area (Å²) in [7, 11) is 0. The minimum Gasteiger partial charge on any atom is -0.206 e. The molecule has 0 heterocycles. The summed E-state index contributed by atoms with van der Waals surface area (Å²) < 4.78 is 67.4. The molecule has 3 aromatic rings. The van der Waals surface area contributed by atoms with Gasteiger partial charge in [0.25, 0.3) is 0 Å². The molecule has 3 aromatic carbocycles. The molecule has 0 N–H and O–H groups in total. The summed E-state index contributed by atoms with van der Waals surface area (Å²) in [5, 5.41) is 1.42. The fourth-order valence-corrected chi connectivity index (χ4v) is 5.49. The van der Waals surface area contributed by atoms with Gasteiger partial charge in [0.1, 0.15) is 11.6 Å². The summed E-state index contributed by atoms with van der Waals surface area (Å²) in [5.74, 6) is -0.229. The van der Waals surface area contributed by atoms with Gasteiger partial charge in [-0.3, -0.25) is 0 Å². The zero-order valence-electron chi connectivity index (χ0n) is 20.2. The van der Waals surface area contributed by atoms with E-state index in [0.717, 1.165) is 23.4 Å². The number of alkyl halides is 3. The smallest absolute Gasteiger partial charge is 0.206 e. The summed E-state index contributed by atoms with van der Waals surface area (Å²) in [6.07, 6.45) is 5.99. The number of hydrogen-bond acceptors (Lipinski definition) is 0. The SMILES string of the molecule is CCCCCC1CCC(c2ccc3c(F)c(CCc4ccc(C(F)(F)F)c(F)c4)ccc3c2)CC1. The molecule has 188 valence electrons. The molecule has 1 fully saturated rings. The van der Waals surface area contributed by atoms with Gasteiger partial charge in [0.2, 0.25) is 0 Å². The van der Waals surface area contributed by atoms with E-state index in [1.165, 1.54) is 63.0 Å². The average molecular weight is 489 g/mol. The largest absolute Gasteiger partial charge is 0.419 e. The number of benzene rings is 3. The quantitative estimate of drug-likeness (QED) is 0.219. The van der Waals surface area contributed by atoms with Crippen molar-refractivity contribution in [2.45, 2.75) is 83.2 Å². The van der Waals surface area contributed by atoms with E-state index in [-0.39, 0.29) is 18.7 Å². The Bertz CT molecular complexity index is 1140. The van der Waals surface area contributed by atoms with Crippen LogP contribution in [-0.4, -0.2) is 0 Å². The zero-order chi connectivity index (χ0) is 25.0.